The molecular formula is C19H22NO2-. The number of carboxylic acids is 1. The van der Waals surface area contributed by atoms with Gasteiger partial charge in [-0.1, -0.05) is 12.8 Å². The van der Waals surface area contributed by atoms with Crippen LogP contribution in [0, 0.1) is 11.8 Å². The molecule has 0 amide bonds. The van der Waals surface area contributed by atoms with Gasteiger partial charge in [-0.3, -0.25) is 0 Å². The molecule has 0 unspecified atom stereocenters. The van der Waals surface area contributed by atoms with Gasteiger partial charge in [-0.15, -0.1) is 0 Å². The Bertz CT molecular complexity index is 608. The van der Waals surface area contributed by atoms with Crippen molar-refractivity contribution in [3.05, 3.63) is 28.8 Å². The van der Waals surface area contributed by atoms with Crippen molar-refractivity contribution in [1.82, 2.24) is 0 Å². The van der Waals surface area contributed by atoms with Gasteiger partial charge in [-0.2, -0.15) is 0 Å². The molecule has 4 aliphatic rings. The Kier molecular flexibility index (Phi) is 2.65. The quantitative estimate of drug-likeness (QED) is 0.800. The number of anilines is 1. The number of carbonyl (C=O) groups is 1. The molecule has 0 N–H and O–H groups in total. The van der Waals surface area contributed by atoms with Crippen LogP contribution in [0.4, 0.5) is 5.69 Å². The van der Waals surface area contributed by atoms with Crippen molar-refractivity contribution < 1.29 is 9.90 Å². The maximum absolute atomic E-state index is 11.5. The molecule has 2 fully saturated rings. The lowest BCUT2D eigenvalue weighted by molar-refractivity contribution is -0.255. The first kappa shape index (κ1) is 13.0. The molecule has 2 heterocycles. The fourth-order valence-corrected chi connectivity index (χ4v) is 5.88. The van der Waals surface area contributed by atoms with Crippen LogP contribution < -0.4 is 10.0 Å². The lowest BCUT2D eigenvalue weighted by atomic mass is 9.74. The highest BCUT2D eigenvalue weighted by atomic mass is 16.4. The van der Waals surface area contributed by atoms with Gasteiger partial charge >= 0.3 is 0 Å². The van der Waals surface area contributed by atoms with Gasteiger partial charge in [-0.05, 0) is 78.2 Å². The third-order valence-electron chi connectivity index (χ3n) is 6.75. The lowest BCUT2D eigenvalue weighted by Crippen LogP contribution is -2.43. The first-order chi connectivity index (χ1) is 10.7. The number of aromatic carboxylic acids is 1. The van der Waals surface area contributed by atoms with Crippen LogP contribution in [0.5, 0.6) is 0 Å². The Labute approximate surface area is 131 Å². The summed E-state index contributed by atoms with van der Waals surface area (Å²) in [5.41, 5.74) is 4.48. The highest BCUT2D eigenvalue weighted by Crippen LogP contribution is 2.55. The van der Waals surface area contributed by atoms with Gasteiger partial charge < -0.3 is 14.8 Å². The Balaban J connectivity index is 1.74. The molecule has 22 heavy (non-hydrogen) atoms. The number of carboxylic acid groups (broad SMARTS) is 1. The van der Waals surface area contributed by atoms with Crippen LogP contribution in [0.3, 0.4) is 0 Å². The van der Waals surface area contributed by atoms with Crippen molar-refractivity contribution in [2.24, 2.45) is 11.8 Å². The van der Waals surface area contributed by atoms with Crippen molar-refractivity contribution in [2.75, 3.05) is 18.0 Å². The minimum atomic E-state index is -1.01. The Morgan fingerprint density at radius 2 is 1.50 bits per heavy atom. The number of hydrogen-bond donors (Lipinski definition) is 0. The van der Waals surface area contributed by atoms with E-state index in [2.05, 4.69) is 4.90 Å². The average molecular weight is 296 g/mol. The van der Waals surface area contributed by atoms with E-state index in [1.54, 1.807) is 0 Å². The predicted octanol–water partition coefficient (Wildman–Crippen LogP) is 2.65. The zero-order valence-corrected chi connectivity index (χ0v) is 12.9. The van der Waals surface area contributed by atoms with Gasteiger partial charge in [0.15, 0.2) is 0 Å². The molecule has 1 aromatic carbocycles. The summed E-state index contributed by atoms with van der Waals surface area (Å²) in [5.74, 6) is 1.63. The molecule has 2 aliphatic carbocycles. The van der Waals surface area contributed by atoms with E-state index in [0.717, 1.165) is 11.8 Å². The monoisotopic (exact) mass is 296 g/mol. The van der Waals surface area contributed by atoms with Crippen molar-refractivity contribution in [1.29, 1.82) is 0 Å². The molecule has 4 atom stereocenters. The molecule has 0 bridgehead atoms. The number of benzene rings is 1. The predicted molar refractivity (Wildman–Crippen MR) is 83.1 cm³/mol. The van der Waals surface area contributed by atoms with E-state index in [0.29, 0.717) is 17.4 Å². The summed E-state index contributed by atoms with van der Waals surface area (Å²) in [7, 11) is 0. The van der Waals surface area contributed by atoms with Crippen LogP contribution in [-0.4, -0.2) is 19.1 Å². The van der Waals surface area contributed by atoms with Gasteiger partial charge in [0.2, 0.25) is 0 Å². The largest absolute Gasteiger partial charge is 0.545 e. The second kappa shape index (κ2) is 4.50. The highest BCUT2D eigenvalue weighted by molar-refractivity contribution is 5.88. The van der Waals surface area contributed by atoms with Crippen LogP contribution in [0.15, 0.2) is 12.1 Å². The maximum atomic E-state index is 11.5. The zero-order chi connectivity index (χ0) is 14.8. The summed E-state index contributed by atoms with van der Waals surface area (Å²) in [6.07, 6.45) is 7.66. The summed E-state index contributed by atoms with van der Waals surface area (Å²) in [6, 6.07) is 3.89. The van der Waals surface area contributed by atoms with Gasteiger partial charge in [0.1, 0.15) is 0 Å². The first-order valence-corrected chi connectivity index (χ1v) is 8.86. The summed E-state index contributed by atoms with van der Waals surface area (Å²) in [5, 5.41) is 11.5. The molecule has 5 rings (SSSR count). The highest BCUT2D eigenvalue weighted by Gasteiger charge is 2.44. The second-order valence-corrected chi connectivity index (χ2v) is 7.79. The van der Waals surface area contributed by atoms with Gasteiger partial charge in [0.05, 0.1) is 5.97 Å². The SMILES string of the molecule is O=C([O-])c1cc2c3c(c1)[C@H]1CCC[C@H]1CN3C[C@H]1CCC[C@H]21. The van der Waals surface area contributed by atoms with Crippen molar-refractivity contribution in [2.45, 2.75) is 50.4 Å². The number of nitrogens with zero attached hydrogens (tertiary/aromatic N) is 1. The molecule has 116 valence electrons. The van der Waals surface area contributed by atoms with Crippen LogP contribution >= 0.6 is 0 Å². The third kappa shape index (κ3) is 1.65. The Morgan fingerprint density at radius 1 is 0.955 bits per heavy atom. The van der Waals surface area contributed by atoms with E-state index in [1.807, 2.05) is 12.1 Å². The van der Waals surface area contributed by atoms with Crippen LogP contribution in [0.1, 0.15) is 71.8 Å². The number of fused-ring (bicyclic) bond motifs is 4. The molecule has 1 aromatic rings. The van der Waals surface area contributed by atoms with Crippen molar-refractivity contribution in [3.63, 3.8) is 0 Å². The molecular weight excluding hydrogens is 274 g/mol. The molecule has 2 aliphatic heterocycles. The first-order valence-electron chi connectivity index (χ1n) is 8.86. The van der Waals surface area contributed by atoms with E-state index in [1.165, 1.54) is 68.4 Å². The van der Waals surface area contributed by atoms with E-state index in [9.17, 15) is 9.90 Å². The summed E-state index contributed by atoms with van der Waals surface area (Å²) < 4.78 is 0. The van der Waals surface area contributed by atoms with Crippen molar-refractivity contribution >= 4 is 11.7 Å². The van der Waals surface area contributed by atoms with Crippen LogP contribution in [0.25, 0.3) is 0 Å². The second-order valence-electron chi connectivity index (χ2n) is 7.79. The maximum Gasteiger partial charge on any atom is 0.0715 e. The minimum absolute atomic E-state index is 0.411. The molecule has 0 radical (unpaired) electrons. The smallest absolute Gasteiger partial charge is 0.0715 e. The van der Waals surface area contributed by atoms with Crippen LogP contribution in [-0.2, 0) is 0 Å². The average Bonchev–Trinajstić information content (AvgIpc) is 3.15. The van der Waals surface area contributed by atoms with E-state index in [-0.39, 0.29) is 0 Å². The molecule has 3 nitrogen and oxygen atoms in total. The topological polar surface area (TPSA) is 43.4 Å². The third-order valence-corrected chi connectivity index (χ3v) is 6.75. The molecule has 2 saturated carbocycles. The van der Waals surface area contributed by atoms with Gasteiger partial charge in [0.25, 0.3) is 0 Å². The summed E-state index contributed by atoms with van der Waals surface area (Å²) in [6.45, 7) is 2.39. The summed E-state index contributed by atoms with van der Waals surface area (Å²) >= 11 is 0. The number of hydrogen-bond acceptors (Lipinski definition) is 3. The lowest BCUT2D eigenvalue weighted by Gasteiger charge is -2.46. The molecule has 0 saturated heterocycles. The fourth-order valence-electron chi connectivity index (χ4n) is 5.88. The number of rotatable bonds is 1. The Hall–Kier alpha value is -1.51. The van der Waals surface area contributed by atoms with Gasteiger partial charge in [-0.25, -0.2) is 0 Å². The van der Waals surface area contributed by atoms with Crippen LogP contribution in [0.2, 0.25) is 0 Å². The van der Waals surface area contributed by atoms with E-state index < -0.39 is 5.97 Å². The fraction of sp³-hybridized carbons (Fsp3) is 0.632. The normalized spacial score (nSPS) is 35.0. The minimum Gasteiger partial charge on any atom is -0.545 e. The zero-order valence-electron chi connectivity index (χ0n) is 12.9. The standard InChI is InChI=1S/C19H23NO2/c21-19(22)13-7-16-14-5-1-3-11(14)9-20-10-12-4-2-6-15(12)17(8-13)18(16)20/h7-8,11-12,14-15H,1-6,9-10H2,(H,21,22)/p-1/t11-,12+,14-,15-/m0/s1. The van der Waals surface area contributed by atoms with Crippen molar-refractivity contribution in [3.8, 4) is 0 Å². The van der Waals surface area contributed by atoms with Gasteiger partial charge in [0, 0.05) is 18.8 Å². The van der Waals surface area contributed by atoms with E-state index >= 15 is 0 Å². The number of carbonyl (C=O) groups excluding carboxylic acids is 1. The Morgan fingerprint density at radius 3 is 2.00 bits per heavy atom. The summed E-state index contributed by atoms with van der Waals surface area (Å²) in [4.78, 5) is 14.1. The van der Waals surface area contributed by atoms with E-state index in [4.69, 9.17) is 0 Å². The molecule has 3 heteroatoms. The molecule has 0 aromatic heterocycles. The molecule has 0 spiro atoms.